The van der Waals surface area contributed by atoms with E-state index < -0.39 is 5.54 Å². The smallest absolute Gasteiger partial charge is 0.262 e. The Balaban J connectivity index is 2.84. The molecule has 0 aliphatic rings. The molecule has 1 aromatic heterocycles. The Morgan fingerprint density at radius 3 is 2.69 bits per heavy atom. The third-order valence-electron chi connectivity index (χ3n) is 2.24. The third-order valence-corrected chi connectivity index (χ3v) is 3.26. The first-order valence-electron chi connectivity index (χ1n) is 4.73. The van der Waals surface area contributed by atoms with Gasteiger partial charge in [0.05, 0.1) is 10.4 Å². The summed E-state index contributed by atoms with van der Waals surface area (Å²) in [4.78, 5) is 12.5. The van der Waals surface area contributed by atoms with Crippen molar-refractivity contribution in [1.82, 2.24) is 5.32 Å². The summed E-state index contributed by atoms with van der Waals surface area (Å²) >= 11 is 1.36. The van der Waals surface area contributed by atoms with E-state index in [4.69, 9.17) is 10.9 Å². The maximum atomic E-state index is 11.9. The largest absolute Gasteiger partial charge is 0.409 e. The molecule has 0 aliphatic heterocycles. The lowest BCUT2D eigenvalue weighted by Crippen LogP contribution is -2.53. The number of amides is 1. The number of carbonyl (C=O) groups is 1. The number of carbonyl (C=O) groups excluding carboxylic acids is 1. The minimum absolute atomic E-state index is 0.0324. The standard InChI is InChI=1S/C10H15N3O2S/c1-6-4-5-16-7(6)8(14)12-10(2,3)9(11)13-15/h4-5,15H,1-3H3,(H2,11,13)(H,12,14). The molecule has 1 aromatic rings. The number of oxime groups is 1. The van der Waals surface area contributed by atoms with Crippen LogP contribution in [0.5, 0.6) is 0 Å². The molecule has 1 rings (SSSR count). The highest BCUT2D eigenvalue weighted by Gasteiger charge is 2.27. The van der Waals surface area contributed by atoms with E-state index in [1.165, 1.54) is 11.3 Å². The van der Waals surface area contributed by atoms with Crippen LogP contribution in [0.15, 0.2) is 16.6 Å². The van der Waals surface area contributed by atoms with Gasteiger partial charge in [0.15, 0.2) is 5.84 Å². The monoisotopic (exact) mass is 241 g/mol. The number of nitrogens with two attached hydrogens (primary N) is 1. The van der Waals surface area contributed by atoms with Gasteiger partial charge in [-0.25, -0.2) is 0 Å². The van der Waals surface area contributed by atoms with Crippen molar-refractivity contribution in [1.29, 1.82) is 0 Å². The molecule has 6 heteroatoms. The summed E-state index contributed by atoms with van der Waals surface area (Å²) in [6, 6.07) is 1.87. The van der Waals surface area contributed by atoms with Crippen LogP contribution in [0.4, 0.5) is 0 Å². The summed E-state index contributed by atoms with van der Waals surface area (Å²) < 4.78 is 0. The van der Waals surface area contributed by atoms with Crippen LogP contribution >= 0.6 is 11.3 Å². The number of hydrogen-bond acceptors (Lipinski definition) is 4. The molecule has 4 N–H and O–H groups in total. The number of aryl methyl sites for hydroxylation is 1. The molecule has 0 fully saturated rings. The minimum atomic E-state index is -0.873. The molecular formula is C10H15N3O2S. The SMILES string of the molecule is Cc1ccsc1C(=O)NC(C)(C)/C(N)=N/O. The van der Waals surface area contributed by atoms with E-state index in [-0.39, 0.29) is 11.7 Å². The van der Waals surface area contributed by atoms with Crippen LogP contribution in [0.25, 0.3) is 0 Å². The van der Waals surface area contributed by atoms with E-state index in [1.807, 2.05) is 18.4 Å². The van der Waals surface area contributed by atoms with Crippen LogP contribution in [0, 0.1) is 6.92 Å². The number of rotatable bonds is 3. The molecule has 1 heterocycles. The molecular weight excluding hydrogens is 226 g/mol. The number of nitrogens with one attached hydrogen (secondary N) is 1. The number of thiophene rings is 1. The van der Waals surface area contributed by atoms with Crippen molar-refractivity contribution in [3.8, 4) is 0 Å². The summed E-state index contributed by atoms with van der Waals surface area (Å²) in [6.45, 7) is 5.20. The second-order valence-electron chi connectivity index (χ2n) is 4.00. The van der Waals surface area contributed by atoms with Crippen molar-refractivity contribution in [2.24, 2.45) is 10.9 Å². The molecule has 0 radical (unpaired) electrons. The lowest BCUT2D eigenvalue weighted by atomic mass is 10.0. The Labute approximate surface area is 98.0 Å². The van der Waals surface area contributed by atoms with Crippen LogP contribution < -0.4 is 11.1 Å². The molecule has 0 bridgehead atoms. The Bertz CT molecular complexity index is 423. The Morgan fingerprint density at radius 1 is 1.62 bits per heavy atom. The maximum absolute atomic E-state index is 11.9. The molecule has 0 unspecified atom stereocenters. The van der Waals surface area contributed by atoms with E-state index in [0.29, 0.717) is 4.88 Å². The summed E-state index contributed by atoms with van der Waals surface area (Å²) in [5.41, 5.74) is 5.52. The van der Waals surface area contributed by atoms with Gasteiger partial charge in [0, 0.05) is 0 Å². The lowest BCUT2D eigenvalue weighted by Gasteiger charge is -2.24. The quantitative estimate of drug-likeness (QED) is 0.323. The highest BCUT2D eigenvalue weighted by atomic mass is 32.1. The van der Waals surface area contributed by atoms with Crippen molar-refractivity contribution < 1.29 is 10.0 Å². The third kappa shape index (κ3) is 2.52. The van der Waals surface area contributed by atoms with Gasteiger partial charge in [-0.2, -0.15) is 0 Å². The second kappa shape index (κ2) is 4.52. The molecule has 0 atom stereocenters. The van der Waals surface area contributed by atoms with Gasteiger partial charge in [0.2, 0.25) is 0 Å². The van der Waals surface area contributed by atoms with Crippen LogP contribution in [-0.2, 0) is 0 Å². The van der Waals surface area contributed by atoms with Crippen molar-refractivity contribution in [3.63, 3.8) is 0 Å². The van der Waals surface area contributed by atoms with Gasteiger partial charge in [0.25, 0.3) is 5.91 Å². The van der Waals surface area contributed by atoms with E-state index in [1.54, 1.807) is 13.8 Å². The lowest BCUT2D eigenvalue weighted by molar-refractivity contribution is 0.0934. The van der Waals surface area contributed by atoms with Crippen molar-refractivity contribution in [2.75, 3.05) is 0 Å². The first-order chi connectivity index (χ1) is 7.38. The van der Waals surface area contributed by atoms with Crippen LogP contribution in [-0.4, -0.2) is 22.5 Å². The van der Waals surface area contributed by atoms with Crippen molar-refractivity contribution >= 4 is 23.1 Å². The fourth-order valence-corrected chi connectivity index (χ4v) is 1.96. The second-order valence-corrected chi connectivity index (χ2v) is 4.91. The first-order valence-corrected chi connectivity index (χ1v) is 5.61. The summed E-state index contributed by atoms with van der Waals surface area (Å²) in [6.07, 6.45) is 0. The van der Waals surface area contributed by atoms with E-state index >= 15 is 0 Å². The fraction of sp³-hybridized carbons (Fsp3) is 0.400. The normalized spacial score (nSPS) is 12.6. The Hall–Kier alpha value is -1.56. The van der Waals surface area contributed by atoms with Crippen LogP contribution in [0.1, 0.15) is 29.1 Å². The molecule has 0 saturated heterocycles. The van der Waals surface area contributed by atoms with E-state index in [2.05, 4.69) is 10.5 Å². The zero-order valence-electron chi connectivity index (χ0n) is 9.44. The minimum Gasteiger partial charge on any atom is -0.409 e. The van der Waals surface area contributed by atoms with Crippen LogP contribution in [0.2, 0.25) is 0 Å². The average Bonchev–Trinajstić information content (AvgIpc) is 2.62. The molecule has 0 saturated carbocycles. The Morgan fingerprint density at radius 2 is 2.25 bits per heavy atom. The molecule has 0 aliphatic carbocycles. The van der Waals surface area contributed by atoms with Gasteiger partial charge < -0.3 is 16.3 Å². The van der Waals surface area contributed by atoms with Crippen molar-refractivity contribution in [3.05, 3.63) is 21.9 Å². The Kier molecular flexibility index (Phi) is 3.54. The van der Waals surface area contributed by atoms with Gasteiger partial charge >= 0.3 is 0 Å². The number of amidine groups is 1. The van der Waals surface area contributed by atoms with E-state index in [0.717, 1.165) is 5.56 Å². The summed E-state index contributed by atoms with van der Waals surface area (Å²) in [7, 11) is 0. The predicted molar refractivity (Wildman–Crippen MR) is 64.0 cm³/mol. The van der Waals surface area contributed by atoms with Gasteiger partial charge in [-0.05, 0) is 37.8 Å². The highest BCUT2D eigenvalue weighted by Crippen LogP contribution is 2.16. The molecule has 5 nitrogen and oxygen atoms in total. The molecule has 1 amide bonds. The number of hydrogen-bond donors (Lipinski definition) is 3. The molecule has 0 spiro atoms. The van der Waals surface area contributed by atoms with Gasteiger partial charge in [-0.1, -0.05) is 5.16 Å². The molecule has 0 aromatic carbocycles. The molecule has 16 heavy (non-hydrogen) atoms. The topological polar surface area (TPSA) is 87.7 Å². The predicted octanol–water partition coefficient (Wildman–Crippen LogP) is 1.31. The summed E-state index contributed by atoms with van der Waals surface area (Å²) in [5, 5.41) is 16.0. The number of nitrogens with zero attached hydrogens (tertiary/aromatic N) is 1. The maximum Gasteiger partial charge on any atom is 0.262 e. The van der Waals surface area contributed by atoms with Gasteiger partial charge in [-0.15, -0.1) is 11.3 Å². The van der Waals surface area contributed by atoms with Crippen LogP contribution in [0.3, 0.4) is 0 Å². The first kappa shape index (κ1) is 12.5. The van der Waals surface area contributed by atoms with E-state index in [9.17, 15) is 4.79 Å². The summed E-state index contributed by atoms with van der Waals surface area (Å²) in [5.74, 6) is -0.251. The van der Waals surface area contributed by atoms with Crippen molar-refractivity contribution in [2.45, 2.75) is 26.3 Å². The average molecular weight is 241 g/mol. The molecule has 88 valence electrons. The zero-order valence-corrected chi connectivity index (χ0v) is 10.3. The van der Waals surface area contributed by atoms with Gasteiger partial charge in [-0.3, -0.25) is 4.79 Å². The van der Waals surface area contributed by atoms with Gasteiger partial charge in [0.1, 0.15) is 0 Å². The fourth-order valence-electron chi connectivity index (χ4n) is 1.13. The highest BCUT2D eigenvalue weighted by molar-refractivity contribution is 7.12. The zero-order chi connectivity index (χ0) is 12.3.